The SMILES string of the molecule is CC(C)Cc1nn(CCO)c2c1C(=O)CC(C)(C)C2. The lowest BCUT2D eigenvalue weighted by atomic mass is 9.75. The summed E-state index contributed by atoms with van der Waals surface area (Å²) in [4.78, 5) is 12.4. The smallest absolute Gasteiger partial charge is 0.167 e. The van der Waals surface area contributed by atoms with Crippen LogP contribution in [0.4, 0.5) is 0 Å². The van der Waals surface area contributed by atoms with E-state index in [1.54, 1.807) is 0 Å². The monoisotopic (exact) mass is 264 g/mol. The number of aliphatic hydroxyl groups excluding tert-OH is 1. The number of rotatable bonds is 4. The molecule has 0 spiro atoms. The Balaban J connectivity index is 2.47. The Labute approximate surface area is 114 Å². The van der Waals surface area contributed by atoms with E-state index in [-0.39, 0.29) is 17.8 Å². The molecule has 0 aromatic carbocycles. The van der Waals surface area contributed by atoms with Crippen molar-refractivity contribution in [1.29, 1.82) is 0 Å². The molecule has 0 unspecified atom stereocenters. The van der Waals surface area contributed by atoms with E-state index in [2.05, 4.69) is 32.8 Å². The number of ketones is 1. The van der Waals surface area contributed by atoms with Crippen molar-refractivity contribution in [3.8, 4) is 0 Å². The number of fused-ring (bicyclic) bond motifs is 1. The molecule has 0 bridgehead atoms. The summed E-state index contributed by atoms with van der Waals surface area (Å²) in [6.07, 6.45) is 2.28. The fourth-order valence-corrected chi connectivity index (χ4v) is 2.90. The molecule has 106 valence electrons. The molecule has 19 heavy (non-hydrogen) atoms. The van der Waals surface area contributed by atoms with Crippen LogP contribution in [0.1, 0.15) is 55.9 Å². The minimum Gasteiger partial charge on any atom is -0.394 e. The Morgan fingerprint density at radius 3 is 2.63 bits per heavy atom. The maximum absolute atomic E-state index is 12.4. The first-order valence-electron chi connectivity index (χ1n) is 7.06. The molecule has 1 heterocycles. The van der Waals surface area contributed by atoms with Gasteiger partial charge < -0.3 is 5.11 Å². The summed E-state index contributed by atoms with van der Waals surface area (Å²) >= 11 is 0. The van der Waals surface area contributed by atoms with Crippen molar-refractivity contribution >= 4 is 5.78 Å². The second-order valence-electron chi connectivity index (χ2n) is 6.75. The average Bonchev–Trinajstić information content (AvgIpc) is 2.54. The van der Waals surface area contributed by atoms with Gasteiger partial charge in [0, 0.05) is 6.42 Å². The highest BCUT2D eigenvalue weighted by Crippen LogP contribution is 2.36. The maximum atomic E-state index is 12.4. The summed E-state index contributed by atoms with van der Waals surface area (Å²) in [5.74, 6) is 0.690. The van der Waals surface area contributed by atoms with Crippen molar-refractivity contribution in [2.75, 3.05) is 6.61 Å². The van der Waals surface area contributed by atoms with Gasteiger partial charge in [-0.05, 0) is 24.2 Å². The van der Waals surface area contributed by atoms with Gasteiger partial charge in [0.15, 0.2) is 5.78 Å². The summed E-state index contributed by atoms with van der Waals surface area (Å²) in [5.41, 5.74) is 2.76. The minimum atomic E-state index is -0.00752. The van der Waals surface area contributed by atoms with Crippen LogP contribution in [0.5, 0.6) is 0 Å². The Bertz CT molecular complexity index is 487. The van der Waals surface area contributed by atoms with Gasteiger partial charge in [0.05, 0.1) is 30.1 Å². The molecule has 4 heteroatoms. The number of hydrogen-bond donors (Lipinski definition) is 1. The highest BCUT2D eigenvalue weighted by molar-refractivity contribution is 5.99. The number of hydrogen-bond acceptors (Lipinski definition) is 3. The second kappa shape index (κ2) is 5.08. The normalized spacial score (nSPS) is 17.9. The molecule has 0 atom stereocenters. The molecule has 0 fully saturated rings. The van der Waals surface area contributed by atoms with Crippen LogP contribution in [-0.2, 0) is 19.4 Å². The third-order valence-corrected chi connectivity index (χ3v) is 3.61. The summed E-state index contributed by atoms with van der Waals surface area (Å²) < 4.78 is 1.84. The summed E-state index contributed by atoms with van der Waals surface area (Å²) in [5, 5.41) is 13.7. The van der Waals surface area contributed by atoms with E-state index in [9.17, 15) is 4.79 Å². The topological polar surface area (TPSA) is 55.1 Å². The molecule has 2 rings (SSSR count). The van der Waals surface area contributed by atoms with E-state index in [1.807, 2.05) is 4.68 Å². The molecule has 1 aliphatic carbocycles. The van der Waals surface area contributed by atoms with E-state index >= 15 is 0 Å². The van der Waals surface area contributed by atoms with Crippen LogP contribution in [-0.4, -0.2) is 27.3 Å². The van der Waals surface area contributed by atoms with E-state index < -0.39 is 0 Å². The van der Waals surface area contributed by atoms with Crippen LogP contribution in [0.2, 0.25) is 0 Å². The van der Waals surface area contributed by atoms with E-state index in [4.69, 9.17) is 5.11 Å². The highest BCUT2D eigenvalue weighted by Gasteiger charge is 2.36. The van der Waals surface area contributed by atoms with Crippen molar-refractivity contribution < 1.29 is 9.90 Å². The minimum absolute atomic E-state index is 0.00752. The number of carbonyl (C=O) groups is 1. The lowest BCUT2D eigenvalue weighted by Crippen LogP contribution is -2.28. The number of carbonyl (C=O) groups excluding carboxylic acids is 1. The molecule has 1 aromatic heterocycles. The standard InChI is InChI=1S/C15H24N2O2/c1-10(2)7-11-14-12(17(16-11)5-6-18)8-15(3,4)9-13(14)19/h10,18H,5-9H2,1-4H3. The van der Waals surface area contributed by atoms with E-state index in [0.717, 1.165) is 29.8 Å². The highest BCUT2D eigenvalue weighted by atomic mass is 16.3. The largest absolute Gasteiger partial charge is 0.394 e. The average molecular weight is 264 g/mol. The molecule has 0 saturated carbocycles. The van der Waals surface area contributed by atoms with Crippen molar-refractivity contribution in [2.24, 2.45) is 11.3 Å². The molecule has 0 saturated heterocycles. The Morgan fingerprint density at radius 2 is 2.05 bits per heavy atom. The van der Waals surface area contributed by atoms with Crippen LogP contribution in [0.25, 0.3) is 0 Å². The summed E-state index contributed by atoms with van der Waals surface area (Å²) in [7, 11) is 0. The molecule has 1 aromatic rings. The first-order chi connectivity index (χ1) is 8.84. The van der Waals surface area contributed by atoms with Crippen LogP contribution >= 0.6 is 0 Å². The van der Waals surface area contributed by atoms with E-state index in [0.29, 0.717) is 18.9 Å². The first kappa shape index (κ1) is 14.3. The Hall–Kier alpha value is -1.16. The molecule has 4 nitrogen and oxygen atoms in total. The van der Waals surface area contributed by atoms with Crippen molar-refractivity contribution in [3.63, 3.8) is 0 Å². The second-order valence-corrected chi connectivity index (χ2v) is 6.75. The van der Waals surface area contributed by atoms with Crippen LogP contribution in [0.15, 0.2) is 0 Å². The van der Waals surface area contributed by atoms with Gasteiger partial charge in [-0.15, -0.1) is 0 Å². The third kappa shape index (κ3) is 2.89. The molecular formula is C15H24N2O2. The lowest BCUT2D eigenvalue weighted by molar-refractivity contribution is 0.0908. The molecule has 0 amide bonds. The summed E-state index contributed by atoms with van der Waals surface area (Å²) in [6.45, 7) is 9.04. The predicted octanol–water partition coefficient (Wildman–Crippen LogP) is 2.23. The number of aliphatic hydroxyl groups is 1. The third-order valence-electron chi connectivity index (χ3n) is 3.61. The predicted molar refractivity (Wildman–Crippen MR) is 74.3 cm³/mol. The Morgan fingerprint density at radius 1 is 1.37 bits per heavy atom. The molecule has 1 N–H and O–H groups in total. The summed E-state index contributed by atoms with van der Waals surface area (Å²) in [6, 6.07) is 0. The molecule has 0 aliphatic heterocycles. The van der Waals surface area contributed by atoms with Crippen molar-refractivity contribution in [3.05, 3.63) is 17.0 Å². The number of aromatic nitrogens is 2. The van der Waals surface area contributed by atoms with Gasteiger partial charge in [0.1, 0.15) is 0 Å². The quantitative estimate of drug-likeness (QED) is 0.907. The zero-order chi connectivity index (χ0) is 14.2. The van der Waals surface area contributed by atoms with Crippen molar-refractivity contribution in [1.82, 2.24) is 9.78 Å². The zero-order valence-corrected chi connectivity index (χ0v) is 12.4. The molecule has 0 radical (unpaired) electrons. The van der Waals surface area contributed by atoms with Crippen LogP contribution in [0, 0.1) is 11.3 Å². The van der Waals surface area contributed by atoms with Gasteiger partial charge in [-0.3, -0.25) is 9.48 Å². The van der Waals surface area contributed by atoms with Gasteiger partial charge in [-0.2, -0.15) is 5.10 Å². The molecular weight excluding hydrogens is 240 g/mol. The van der Waals surface area contributed by atoms with E-state index in [1.165, 1.54) is 0 Å². The van der Waals surface area contributed by atoms with Crippen LogP contribution in [0.3, 0.4) is 0 Å². The fourth-order valence-electron chi connectivity index (χ4n) is 2.90. The van der Waals surface area contributed by atoms with Crippen molar-refractivity contribution in [2.45, 2.75) is 53.5 Å². The lowest BCUT2D eigenvalue weighted by Gasteiger charge is -2.29. The van der Waals surface area contributed by atoms with Crippen LogP contribution < -0.4 is 0 Å². The zero-order valence-electron chi connectivity index (χ0n) is 12.4. The van der Waals surface area contributed by atoms with Gasteiger partial charge in [-0.25, -0.2) is 0 Å². The molecule has 1 aliphatic rings. The van der Waals surface area contributed by atoms with Gasteiger partial charge in [-0.1, -0.05) is 27.7 Å². The van der Waals surface area contributed by atoms with Gasteiger partial charge >= 0.3 is 0 Å². The fraction of sp³-hybridized carbons (Fsp3) is 0.733. The first-order valence-corrected chi connectivity index (χ1v) is 7.06. The van der Waals surface area contributed by atoms with Gasteiger partial charge in [0.25, 0.3) is 0 Å². The van der Waals surface area contributed by atoms with Gasteiger partial charge in [0.2, 0.25) is 0 Å². The maximum Gasteiger partial charge on any atom is 0.167 e. The Kier molecular flexibility index (Phi) is 3.81. The number of nitrogens with zero attached hydrogens (tertiary/aromatic N) is 2. The number of Topliss-reactive ketones (excluding diaryl/α,β-unsaturated/α-hetero) is 1.